The maximum absolute atomic E-state index is 12.0. The SMILES string of the molecule is CSC1(CNC(=O)c2ccc(C(N)=S)cc2)CCC1. The summed E-state index contributed by atoms with van der Waals surface area (Å²) in [5.74, 6) is -0.0326. The van der Waals surface area contributed by atoms with Crippen LogP contribution in [0.1, 0.15) is 35.2 Å². The molecular formula is C14H18N2OS2. The van der Waals surface area contributed by atoms with Gasteiger partial charge in [-0.2, -0.15) is 11.8 Å². The van der Waals surface area contributed by atoms with E-state index >= 15 is 0 Å². The van der Waals surface area contributed by atoms with Gasteiger partial charge in [0.25, 0.3) is 5.91 Å². The number of thioether (sulfide) groups is 1. The molecule has 0 unspecified atom stereocenters. The minimum Gasteiger partial charge on any atom is -0.389 e. The number of nitrogens with one attached hydrogen (secondary N) is 1. The highest BCUT2D eigenvalue weighted by Gasteiger charge is 2.36. The van der Waals surface area contributed by atoms with E-state index in [0.717, 1.165) is 12.1 Å². The van der Waals surface area contributed by atoms with Crippen LogP contribution in [0.4, 0.5) is 0 Å². The fourth-order valence-corrected chi connectivity index (χ4v) is 3.20. The van der Waals surface area contributed by atoms with Gasteiger partial charge < -0.3 is 11.1 Å². The molecule has 1 amide bonds. The Morgan fingerprint density at radius 2 is 1.95 bits per heavy atom. The van der Waals surface area contributed by atoms with E-state index in [1.54, 1.807) is 24.3 Å². The Balaban J connectivity index is 1.94. The molecule has 0 aliphatic heterocycles. The van der Waals surface area contributed by atoms with Crippen molar-refractivity contribution in [1.82, 2.24) is 5.32 Å². The number of carbonyl (C=O) groups excluding carboxylic acids is 1. The quantitative estimate of drug-likeness (QED) is 0.819. The number of benzene rings is 1. The second-order valence-electron chi connectivity index (χ2n) is 4.86. The molecule has 1 fully saturated rings. The first-order chi connectivity index (χ1) is 9.06. The van der Waals surface area contributed by atoms with Crippen molar-refractivity contribution in [2.75, 3.05) is 12.8 Å². The molecule has 1 aliphatic rings. The van der Waals surface area contributed by atoms with Crippen LogP contribution in [0, 0.1) is 0 Å². The number of amides is 1. The summed E-state index contributed by atoms with van der Waals surface area (Å²) in [5, 5.41) is 3.02. The largest absolute Gasteiger partial charge is 0.389 e. The molecule has 1 saturated carbocycles. The molecule has 0 saturated heterocycles. The van der Waals surface area contributed by atoms with Gasteiger partial charge in [0.2, 0.25) is 0 Å². The molecule has 1 aliphatic carbocycles. The zero-order chi connectivity index (χ0) is 13.9. The monoisotopic (exact) mass is 294 g/mol. The van der Waals surface area contributed by atoms with Gasteiger partial charge in [0.15, 0.2) is 0 Å². The molecule has 2 rings (SSSR count). The normalized spacial score (nSPS) is 16.5. The Morgan fingerprint density at radius 1 is 1.37 bits per heavy atom. The molecule has 3 N–H and O–H groups in total. The Hall–Kier alpha value is -1.07. The number of carbonyl (C=O) groups is 1. The second-order valence-corrected chi connectivity index (χ2v) is 6.58. The molecule has 0 aromatic heterocycles. The van der Waals surface area contributed by atoms with Crippen molar-refractivity contribution in [2.45, 2.75) is 24.0 Å². The van der Waals surface area contributed by atoms with E-state index in [1.165, 1.54) is 19.3 Å². The third-order valence-corrected chi connectivity index (χ3v) is 5.35. The summed E-state index contributed by atoms with van der Waals surface area (Å²) in [5.41, 5.74) is 6.96. The zero-order valence-electron chi connectivity index (χ0n) is 10.9. The Kier molecular flexibility index (Phi) is 4.47. The zero-order valence-corrected chi connectivity index (χ0v) is 12.6. The molecule has 0 radical (unpaired) electrons. The van der Waals surface area contributed by atoms with Gasteiger partial charge in [-0.25, -0.2) is 0 Å². The van der Waals surface area contributed by atoms with Crippen molar-refractivity contribution in [3.8, 4) is 0 Å². The Bertz CT molecular complexity index is 475. The van der Waals surface area contributed by atoms with Gasteiger partial charge in [-0.1, -0.05) is 30.8 Å². The van der Waals surface area contributed by atoms with E-state index < -0.39 is 0 Å². The molecule has 1 aromatic carbocycles. The smallest absolute Gasteiger partial charge is 0.251 e. The van der Waals surface area contributed by atoms with Gasteiger partial charge in [-0.3, -0.25) is 4.79 Å². The molecule has 3 nitrogen and oxygen atoms in total. The molecule has 1 aromatic rings. The van der Waals surface area contributed by atoms with Gasteiger partial charge >= 0.3 is 0 Å². The lowest BCUT2D eigenvalue weighted by molar-refractivity contribution is 0.0944. The second kappa shape index (κ2) is 5.92. The number of rotatable bonds is 5. The summed E-state index contributed by atoms with van der Waals surface area (Å²) in [7, 11) is 0. The number of hydrogen-bond acceptors (Lipinski definition) is 3. The van der Waals surface area contributed by atoms with Crippen LogP contribution in [0.5, 0.6) is 0 Å². The standard InChI is InChI=1S/C14H18N2OS2/c1-19-14(7-2-8-14)9-16-13(17)11-5-3-10(4-6-11)12(15)18/h3-6H,2,7-9H2,1H3,(H2,15,18)(H,16,17). The van der Waals surface area contributed by atoms with Crippen molar-refractivity contribution in [3.05, 3.63) is 35.4 Å². The van der Waals surface area contributed by atoms with E-state index in [-0.39, 0.29) is 10.7 Å². The van der Waals surface area contributed by atoms with Gasteiger partial charge in [0.05, 0.1) is 0 Å². The Morgan fingerprint density at radius 3 is 2.37 bits per heavy atom. The molecule has 0 bridgehead atoms. The van der Waals surface area contributed by atoms with Crippen LogP contribution in [-0.2, 0) is 0 Å². The maximum Gasteiger partial charge on any atom is 0.251 e. The molecule has 0 spiro atoms. The highest BCUT2D eigenvalue weighted by atomic mass is 32.2. The first-order valence-corrected chi connectivity index (χ1v) is 7.93. The van der Waals surface area contributed by atoms with E-state index in [9.17, 15) is 4.79 Å². The average Bonchev–Trinajstić information content (AvgIpc) is 2.38. The van der Waals surface area contributed by atoms with Crippen molar-refractivity contribution >= 4 is 34.9 Å². The van der Waals surface area contributed by atoms with Crippen LogP contribution < -0.4 is 11.1 Å². The van der Waals surface area contributed by atoms with Crippen molar-refractivity contribution < 1.29 is 4.79 Å². The lowest BCUT2D eigenvalue weighted by Gasteiger charge is -2.40. The summed E-state index contributed by atoms with van der Waals surface area (Å²) in [6.07, 6.45) is 5.76. The summed E-state index contributed by atoms with van der Waals surface area (Å²) in [6, 6.07) is 7.09. The number of hydrogen-bond donors (Lipinski definition) is 2. The van der Waals surface area contributed by atoms with Crippen molar-refractivity contribution in [3.63, 3.8) is 0 Å². The third-order valence-electron chi connectivity index (χ3n) is 3.70. The third kappa shape index (κ3) is 3.28. The van der Waals surface area contributed by atoms with Gasteiger partial charge in [0, 0.05) is 22.4 Å². The molecule has 19 heavy (non-hydrogen) atoms. The van der Waals surface area contributed by atoms with Crippen LogP contribution in [0.25, 0.3) is 0 Å². The van der Waals surface area contributed by atoms with Crippen LogP contribution in [-0.4, -0.2) is 28.4 Å². The van der Waals surface area contributed by atoms with Crippen molar-refractivity contribution in [1.29, 1.82) is 0 Å². The minimum absolute atomic E-state index is 0.0326. The predicted octanol–water partition coefficient (Wildman–Crippen LogP) is 2.34. The molecular weight excluding hydrogens is 276 g/mol. The summed E-state index contributed by atoms with van der Waals surface area (Å²) < 4.78 is 0.258. The van der Waals surface area contributed by atoms with E-state index in [1.807, 2.05) is 11.8 Å². The highest BCUT2D eigenvalue weighted by molar-refractivity contribution is 8.00. The molecule has 0 atom stereocenters. The molecule has 102 valence electrons. The lowest BCUT2D eigenvalue weighted by atomic mass is 9.84. The van der Waals surface area contributed by atoms with Gasteiger partial charge in [-0.15, -0.1) is 0 Å². The Labute approximate surface area is 123 Å². The van der Waals surface area contributed by atoms with E-state index in [4.69, 9.17) is 18.0 Å². The highest BCUT2D eigenvalue weighted by Crippen LogP contribution is 2.42. The van der Waals surface area contributed by atoms with Crippen LogP contribution >= 0.6 is 24.0 Å². The number of nitrogens with two attached hydrogens (primary N) is 1. The average molecular weight is 294 g/mol. The van der Waals surface area contributed by atoms with E-state index in [0.29, 0.717) is 10.6 Å². The summed E-state index contributed by atoms with van der Waals surface area (Å²) >= 11 is 6.74. The summed E-state index contributed by atoms with van der Waals surface area (Å²) in [4.78, 5) is 12.4. The minimum atomic E-state index is -0.0326. The van der Waals surface area contributed by atoms with Gasteiger partial charge in [-0.05, 0) is 31.2 Å². The summed E-state index contributed by atoms with van der Waals surface area (Å²) in [6.45, 7) is 0.740. The lowest BCUT2D eigenvalue weighted by Crippen LogP contribution is -2.45. The first-order valence-electron chi connectivity index (χ1n) is 6.29. The predicted molar refractivity (Wildman–Crippen MR) is 84.8 cm³/mol. The number of thiocarbonyl (C=S) groups is 1. The van der Waals surface area contributed by atoms with E-state index in [2.05, 4.69) is 11.6 Å². The van der Waals surface area contributed by atoms with Crippen LogP contribution in [0.3, 0.4) is 0 Å². The topological polar surface area (TPSA) is 55.1 Å². The van der Waals surface area contributed by atoms with Crippen LogP contribution in [0.15, 0.2) is 24.3 Å². The first kappa shape index (κ1) is 14.3. The fourth-order valence-electron chi connectivity index (χ4n) is 2.15. The maximum atomic E-state index is 12.0. The molecule has 0 heterocycles. The fraction of sp³-hybridized carbons (Fsp3) is 0.429. The molecule has 5 heteroatoms. The van der Waals surface area contributed by atoms with Crippen molar-refractivity contribution in [2.24, 2.45) is 5.73 Å². The van der Waals surface area contributed by atoms with Gasteiger partial charge in [0.1, 0.15) is 4.99 Å². The van der Waals surface area contributed by atoms with Crippen LogP contribution in [0.2, 0.25) is 0 Å².